The SMILES string of the molecule is CCOC(=O)N1CCC(NC(=O)Nc2ccccc2CN(C)C2CCCCC2)CC1. The van der Waals surface area contributed by atoms with Crippen LogP contribution in [0.3, 0.4) is 0 Å². The standard InChI is InChI=1S/C23H36N4O3/c1-3-30-23(29)27-15-13-19(14-16-27)24-22(28)25-21-12-8-7-9-18(21)17-26(2)20-10-5-4-6-11-20/h7-9,12,19-20H,3-6,10-11,13-17H2,1-2H3,(H2,24,25,28). The van der Waals surface area contributed by atoms with E-state index < -0.39 is 0 Å². The zero-order valence-corrected chi connectivity index (χ0v) is 18.4. The summed E-state index contributed by atoms with van der Waals surface area (Å²) in [6, 6.07) is 8.55. The molecule has 2 aliphatic rings. The van der Waals surface area contributed by atoms with E-state index in [9.17, 15) is 9.59 Å². The van der Waals surface area contributed by atoms with Crippen molar-refractivity contribution in [2.75, 3.05) is 32.1 Å². The van der Waals surface area contributed by atoms with Crippen LogP contribution in [0.15, 0.2) is 24.3 Å². The molecule has 1 aliphatic carbocycles. The van der Waals surface area contributed by atoms with E-state index in [1.165, 1.54) is 32.1 Å². The molecule has 166 valence electrons. The number of hydrogen-bond acceptors (Lipinski definition) is 4. The quantitative estimate of drug-likeness (QED) is 0.729. The third kappa shape index (κ3) is 6.36. The zero-order chi connectivity index (χ0) is 21.3. The number of urea groups is 1. The Labute approximate surface area is 180 Å². The maximum absolute atomic E-state index is 12.6. The molecule has 7 nitrogen and oxygen atoms in total. The van der Waals surface area contributed by atoms with E-state index in [1.54, 1.807) is 11.8 Å². The lowest BCUT2D eigenvalue weighted by Crippen LogP contribution is -2.47. The van der Waals surface area contributed by atoms with Crippen LogP contribution in [0.4, 0.5) is 15.3 Å². The van der Waals surface area contributed by atoms with Crippen LogP contribution in [0.1, 0.15) is 57.4 Å². The van der Waals surface area contributed by atoms with Gasteiger partial charge >= 0.3 is 12.1 Å². The van der Waals surface area contributed by atoms with Crippen LogP contribution in [0.25, 0.3) is 0 Å². The molecule has 0 bridgehead atoms. The van der Waals surface area contributed by atoms with Crippen LogP contribution in [0, 0.1) is 0 Å². The second kappa shape index (κ2) is 11.2. The molecule has 1 aromatic carbocycles. The fraction of sp³-hybridized carbons (Fsp3) is 0.652. The largest absolute Gasteiger partial charge is 0.450 e. The van der Waals surface area contributed by atoms with Crippen molar-refractivity contribution in [3.63, 3.8) is 0 Å². The van der Waals surface area contributed by atoms with Crippen LogP contribution >= 0.6 is 0 Å². The number of likely N-dealkylation sites (tertiary alicyclic amines) is 1. The fourth-order valence-electron chi connectivity index (χ4n) is 4.46. The van der Waals surface area contributed by atoms with Crippen molar-refractivity contribution in [1.82, 2.24) is 15.1 Å². The topological polar surface area (TPSA) is 73.9 Å². The van der Waals surface area contributed by atoms with Crippen LogP contribution in [-0.2, 0) is 11.3 Å². The number of nitrogens with zero attached hydrogens (tertiary/aromatic N) is 2. The Morgan fingerprint density at radius 2 is 1.80 bits per heavy atom. The van der Waals surface area contributed by atoms with Crippen molar-refractivity contribution >= 4 is 17.8 Å². The van der Waals surface area contributed by atoms with Crippen molar-refractivity contribution < 1.29 is 14.3 Å². The summed E-state index contributed by atoms with van der Waals surface area (Å²) >= 11 is 0. The molecule has 0 radical (unpaired) electrons. The summed E-state index contributed by atoms with van der Waals surface area (Å²) in [5.41, 5.74) is 2.00. The minimum Gasteiger partial charge on any atom is -0.450 e. The van der Waals surface area contributed by atoms with Gasteiger partial charge in [-0.25, -0.2) is 9.59 Å². The molecule has 1 heterocycles. The summed E-state index contributed by atoms with van der Waals surface area (Å²) in [6.07, 6.45) is 7.70. The van der Waals surface area contributed by atoms with Gasteiger partial charge in [0, 0.05) is 37.4 Å². The number of ether oxygens (including phenoxy) is 1. The van der Waals surface area contributed by atoms with E-state index in [4.69, 9.17) is 4.74 Å². The average Bonchev–Trinajstić information content (AvgIpc) is 2.76. The number of benzene rings is 1. The molecule has 30 heavy (non-hydrogen) atoms. The van der Waals surface area contributed by atoms with E-state index in [2.05, 4.69) is 28.6 Å². The van der Waals surface area contributed by atoms with Gasteiger partial charge in [-0.1, -0.05) is 37.5 Å². The number of rotatable bonds is 6. The fourth-order valence-corrected chi connectivity index (χ4v) is 4.46. The van der Waals surface area contributed by atoms with Gasteiger partial charge in [0.1, 0.15) is 0 Å². The van der Waals surface area contributed by atoms with E-state index in [1.807, 2.05) is 18.2 Å². The van der Waals surface area contributed by atoms with Crippen LogP contribution in [-0.4, -0.2) is 60.8 Å². The Morgan fingerprint density at radius 3 is 2.50 bits per heavy atom. The zero-order valence-electron chi connectivity index (χ0n) is 18.4. The number of anilines is 1. The number of hydrogen-bond donors (Lipinski definition) is 2. The molecule has 7 heteroatoms. The molecule has 0 atom stereocenters. The molecule has 1 saturated heterocycles. The van der Waals surface area contributed by atoms with Gasteiger partial charge in [0.05, 0.1) is 6.61 Å². The van der Waals surface area contributed by atoms with Crippen molar-refractivity contribution in [2.24, 2.45) is 0 Å². The molecule has 3 rings (SSSR count). The van der Waals surface area contributed by atoms with Crippen molar-refractivity contribution in [1.29, 1.82) is 0 Å². The number of para-hydroxylation sites is 1. The maximum Gasteiger partial charge on any atom is 0.409 e. The van der Waals surface area contributed by atoms with Gasteiger partial charge in [0.15, 0.2) is 0 Å². The first-order chi connectivity index (χ1) is 14.6. The molecule has 1 aliphatic heterocycles. The lowest BCUT2D eigenvalue weighted by atomic mass is 9.94. The molecule has 1 aromatic rings. The minimum absolute atomic E-state index is 0.0627. The Hall–Kier alpha value is -2.28. The molecule has 1 saturated carbocycles. The number of piperidine rings is 1. The molecule has 2 N–H and O–H groups in total. The Balaban J connectivity index is 1.49. The van der Waals surface area contributed by atoms with E-state index in [0.29, 0.717) is 25.7 Å². The van der Waals surface area contributed by atoms with Gasteiger partial charge in [0.2, 0.25) is 0 Å². The number of carbonyl (C=O) groups excluding carboxylic acids is 2. The van der Waals surface area contributed by atoms with Crippen molar-refractivity contribution in [2.45, 2.75) is 70.5 Å². The summed E-state index contributed by atoms with van der Waals surface area (Å²) < 4.78 is 5.05. The van der Waals surface area contributed by atoms with E-state index in [0.717, 1.165) is 30.6 Å². The average molecular weight is 417 g/mol. The molecule has 0 spiro atoms. The Morgan fingerprint density at radius 1 is 1.10 bits per heavy atom. The molecule has 0 aromatic heterocycles. The molecule has 3 amide bonds. The summed E-state index contributed by atoms with van der Waals surface area (Å²) in [6.45, 7) is 4.23. The number of amides is 3. The normalized spacial score (nSPS) is 18.3. The predicted octanol–water partition coefficient (Wildman–Crippen LogP) is 4.19. The monoisotopic (exact) mass is 416 g/mol. The first-order valence-electron chi connectivity index (χ1n) is 11.3. The summed E-state index contributed by atoms with van der Waals surface area (Å²) in [5, 5.41) is 6.10. The number of nitrogens with one attached hydrogen (secondary N) is 2. The highest BCUT2D eigenvalue weighted by Gasteiger charge is 2.25. The van der Waals surface area contributed by atoms with Crippen molar-refractivity contribution in [3.05, 3.63) is 29.8 Å². The van der Waals surface area contributed by atoms with Crippen LogP contribution < -0.4 is 10.6 Å². The summed E-state index contributed by atoms with van der Waals surface area (Å²) in [5.74, 6) is 0. The van der Waals surface area contributed by atoms with E-state index in [-0.39, 0.29) is 18.2 Å². The van der Waals surface area contributed by atoms with Crippen LogP contribution in [0.5, 0.6) is 0 Å². The molecular formula is C23H36N4O3. The second-order valence-corrected chi connectivity index (χ2v) is 8.42. The highest BCUT2D eigenvalue weighted by Crippen LogP contribution is 2.25. The summed E-state index contributed by atoms with van der Waals surface area (Å²) in [4.78, 5) is 28.5. The van der Waals surface area contributed by atoms with Gasteiger partial charge in [-0.2, -0.15) is 0 Å². The van der Waals surface area contributed by atoms with Gasteiger partial charge in [-0.05, 0) is 51.3 Å². The van der Waals surface area contributed by atoms with Gasteiger partial charge < -0.3 is 20.3 Å². The Bertz CT molecular complexity index is 697. The third-order valence-electron chi connectivity index (χ3n) is 6.24. The Kier molecular flexibility index (Phi) is 8.37. The highest BCUT2D eigenvalue weighted by atomic mass is 16.6. The maximum atomic E-state index is 12.6. The first-order valence-corrected chi connectivity index (χ1v) is 11.3. The van der Waals surface area contributed by atoms with Crippen molar-refractivity contribution in [3.8, 4) is 0 Å². The molecular weight excluding hydrogens is 380 g/mol. The minimum atomic E-state index is -0.267. The molecule has 2 fully saturated rings. The van der Waals surface area contributed by atoms with Gasteiger partial charge in [-0.3, -0.25) is 4.90 Å². The smallest absolute Gasteiger partial charge is 0.409 e. The lowest BCUT2D eigenvalue weighted by molar-refractivity contribution is 0.0959. The lowest BCUT2D eigenvalue weighted by Gasteiger charge is -2.32. The molecule has 0 unspecified atom stereocenters. The third-order valence-corrected chi connectivity index (χ3v) is 6.24. The van der Waals surface area contributed by atoms with Gasteiger partial charge in [-0.15, -0.1) is 0 Å². The van der Waals surface area contributed by atoms with Crippen LogP contribution in [0.2, 0.25) is 0 Å². The summed E-state index contributed by atoms with van der Waals surface area (Å²) in [7, 11) is 2.18. The van der Waals surface area contributed by atoms with E-state index >= 15 is 0 Å². The second-order valence-electron chi connectivity index (χ2n) is 8.42. The predicted molar refractivity (Wildman–Crippen MR) is 119 cm³/mol. The van der Waals surface area contributed by atoms with Gasteiger partial charge in [0.25, 0.3) is 0 Å². The highest BCUT2D eigenvalue weighted by molar-refractivity contribution is 5.90. The number of carbonyl (C=O) groups is 2. The first kappa shape index (κ1) is 22.4.